The fraction of sp³-hybridized carbons (Fsp3) is 0.955. The van der Waals surface area contributed by atoms with Crippen molar-refractivity contribution in [2.45, 2.75) is 115 Å². The molecule has 4 nitrogen and oxygen atoms in total. The number of ether oxygens (including phenoxy) is 1. The van der Waals surface area contributed by atoms with Gasteiger partial charge in [0, 0.05) is 0 Å². The standard InChI is InChI=1S/C22H38O4/c1-4-20(2,3)19(23)26-18-14-16(21(24)9-5-6-10-21)13-17(15-18)22(25)11-7-8-12-22/h16-18,24-25H,4-15H2,1-3H3. The van der Waals surface area contributed by atoms with E-state index in [-0.39, 0.29) is 23.9 Å². The first-order valence-electron chi connectivity index (χ1n) is 10.8. The monoisotopic (exact) mass is 366 g/mol. The van der Waals surface area contributed by atoms with Crippen LogP contribution in [0.3, 0.4) is 0 Å². The van der Waals surface area contributed by atoms with Gasteiger partial charge in [-0.15, -0.1) is 0 Å². The van der Waals surface area contributed by atoms with Crippen molar-refractivity contribution >= 4 is 5.97 Å². The summed E-state index contributed by atoms with van der Waals surface area (Å²) in [4.78, 5) is 12.6. The summed E-state index contributed by atoms with van der Waals surface area (Å²) < 4.78 is 5.96. The van der Waals surface area contributed by atoms with Gasteiger partial charge < -0.3 is 14.9 Å². The Kier molecular flexibility index (Phi) is 5.75. The molecule has 0 aromatic rings. The Hall–Kier alpha value is -0.610. The van der Waals surface area contributed by atoms with Crippen LogP contribution in [0.25, 0.3) is 0 Å². The van der Waals surface area contributed by atoms with Crippen molar-refractivity contribution in [3.63, 3.8) is 0 Å². The molecular weight excluding hydrogens is 328 g/mol. The minimum atomic E-state index is -0.626. The lowest BCUT2D eigenvalue weighted by Gasteiger charge is -2.46. The number of rotatable bonds is 5. The molecule has 3 rings (SSSR count). The van der Waals surface area contributed by atoms with Crippen LogP contribution in [0, 0.1) is 17.3 Å². The Morgan fingerprint density at radius 2 is 1.35 bits per heavy atom. The van der Waals surface area contributed by atoms with E-state index in [0.29, 0.717) is 0 Å². The molecular formula is C22H38O4. The maximum atomic E-state index is 12.6. The van der Waals surface area contributed by atoms with Gasteiger partial charge in [-0.05, 0) is 77.0 Å². The largest absolute Gasteiger partial charge is 0.462 e. The quantitative estimate of drug-likeness (QED) is 0.710. The van der Waals surface area contributed by atoms with Crippen molar-refractivity contribution < 1.29 is 19.7 Å². The van der Waals surface area contributed by atoms with E-state index in [2.05, 4.69) is 0 Å². The van der Waals surface area contributed by atoms with Crippen LogP contribution >= 0.6 is 0 Å². The van der Waals surface area contributed by atoms with E-state index in [9.17, 15) is 15.0 Å². The number of carbonyl (C=O) groups is 1. The summed E-state index contributed by atoms with van der Waals surface area (Å²) in [6.45, 7) is 5.88. The van der Waals surface area contributed by atoms with Crippen LogP contribution in [0.5, 0.6) is 0 Å². The van der Waals surface area contributed by atoms with Gasteiger partial charge in [-0.25, -0.2) is 0 Å². The molecule has 0 bridgehead atoms. The fourth-order valence-electron chi connectivity index (χ4n) is 5.49. The molecule has 3 fully saturated rings. The van der Waals surface area contributed by atoms with Crippen molar-refractivity contribution in [1.82, 2.24) is 0 Å². The summed E-state index contributed by atoms with van der Waals surface area (Å²) in [5, 5.41) is 22.4. The van der Waals surface area contributed by atoms with E-state index in [1.54, 1.807) is 0 Å². The highest BCUT2D eigenvalue weighted by atomic mass is 16.5. The van der Waals surface area contributed by atoms with Gasteiger partial charge >= 0.3 is 5.97 Å². The molecule has 26 heavy (non-hydrogen) atoms. The SMILES string of the molecule is CCC(C)(C)C(=O)OC1CC(C2(O)CCCC2)CC(C2(O)CCCC2)C1. The number of hydrogen-bond donors (Lipinski definition) is 2. The molecule has 0 heterocycles. The Morgan fingerprint density at radius 3 is 1.73 bits per heavy atom. The predicted molar refractivity (Wildman–Crippen MR) is 102 cm³/mol. The van der Waals surface area contributed by atoms with Gasteiger partial charge in [0.1, 0.15) is 6.10 Å². The molecule has 0 saturated heterocycles. The lowest BCUT2D eigenvalue weighted by molar-refractivity contribution is -0.170. The van der Waals surface area contributed by atoms with Gasteiger partial charge in [-0.3, -0.25) is 4.79 Å². The van der Waals surface area contributed by atoms with E-state index < -0.39 is 16.6 Å². The number of aliphatic hydroxyl groups is 2. The summed E-state index contributed by atoms with van der Waals surface area (Å²) in [6.07, 6.45) is 10.7. The van der Waals surface area contributed by atoms with Gasteiger partial charge in [-0.2, -0.15) is 0 Å². The van der Waals surface area contributed by atoms with E-state index in [1.807, 2.05) is 20.8 Å². The minimum Gasteiger partial charge on any atom is -0.462 e. The van der Waals surface area contributed by atoms with Crippen LogP contribution in [0.2, 0.25) is 0 Å². The summed E-state index contributed by atoms with van der Waals surface area (Å²) >= 11 is 0. The van der Waals surface area contributed by atoms with Crippen LogP contribution in [-0.4, -0.2) is 33.5 Å². The average Bonchev–Trinajstić information content (AvgIpc) is 3.25. The fourth-order valence-corrected chi connectivity index (χ4v) is 5.49. The Bertz CT molecular complexity index is 470. The highest BCUT2D eigenvalue weighted by Crippen LogP contribution is 2.50. The lowest BCUT2D eigenvalue weighted by Crippen LogP contribution is -2.49. The third-order valence-corrected chi connectivity index (χ3v) is 7.83. The predicted octanol–water partition coefficient (Wildman–Crippen LogP) is 4.36. The molecule has 3 aliphatic carbocycles. The van der Waals surface area contributed by atoms with Gasteiger partial charge in [0.25, 0.3) is 0 Å². The van der Waals surface area contributed by atoms with Crippen LogP contribution in [0.15, 0.2) is 0 Å². The number of esters is 1. The molecule has 0 aliphatic heterocycles. The number of hydrogen-bond acceptors (Lipinski definition) is 4. The van der Waals surface area contributed by atoms with Gasteiger partial charge in [-0.1, -0.05) is 32.6 Å². The molecule has 0 spiro atoms. The van der Waals surface area contributed by atoms with Crippen molar-refractivity contribution in [2.24, 2.45) is 17.3 Å². The Labute approximate surface area is 158 Å². The number of carbonyl (C=O) groups excluding carboxylic acids is 1. The Morgan fingerprint density at radius 1 is 0.923 bits per heavy atom. The normalized spacial score (nSPS) is 34.0. The molecule has 0 aromatic carbocycles. The first kappa shape index (κ1) is 20.1. The Balaban J connectivity index is 1.76. The van der Waals surface area contributed by atoms with Crippen molar-refractivity contribution in [3.8, 4) is 0 Å². The van der Waals surface area contributed by atoms with E-state index in [1.165, 1.54) is 0 Å². The van der Waals surface area contributed by atoms with E-state index in [4.69, 9.17) is 4.74 Å². The van der Waals surface area contributed by atoms with Crippen molar-refractivity contribution in [1.29, 1.82) is 0 Å². The van der Waals surface area contributed by atoms with Crippen LogP contribution in [0.4, 0.5) is 0 Å². The molecule has 2 unspecified atom stereocenters. The molecule has 0 amide bonds. The topological polar surface area (TPSA) is 66.8 Å². The lowest BCUT2D eigenvalue weighted by atomic mass is 9.66. The highest BCUT2D eigenvalue weighted by molar-refractivity contribution is 5.76. The van der Waals surface area contributed by atoms with Crippen LogP contribution in [0.1, 0.15) is 97.8 Å². The van der Waals surface area contributed by atoms with E-state index >= 15 is 0 Å². The van der Waals surface area contributed by atoms with Crippen molar-refractivity contribution in [3.05, 3.63) is 0 Å². The van der Waals surface area contributed by atoms with Crippen LogP contribution in [-0.2, 0) is 9.53 Å². The average molecular weight is 367 g/mol. The second-order valence-corrected chi connectivity index (χ2v) is 9.99. The molecule has 0 aromatic heterocycles. The van der Waals surface area contributed by atoms with E-state index in [0.717, 1.165) is 77.0 Å². The zero-order valence-electron chi connectivity index (χ0n) is 16.9. The van der Waals surface area contributed by atoms with Gasteiger partial charge in [0.15, 0.2) is 0 Å². The first-order chi connectivity index (χ1) is 12.2. The zero-order valence-corrected chi connectivity index (χ0v) is 16.9. The molecule has 150 valence electrons. The van der Waals surface area contributed by atoms with Crippen molar-refractivity contribution in [2.75, 3.05) is 0 Å². The first-order valence-corrected chi connectivity index (χ1v) is 10.8. The summed E-state index contributed by atoms with van der Waals surface area (Å²) in [7, 11) is 0. The third kappa shape index (κ3) is 3.96. The minimum absolute atomic E-state index is 0.135. The second-order valence-electron chi connectivity index (χ2n) is 9.99. The molecule has 2 atom stereocenters. The summed E-state index contributed by atoms with van der Waals surface area (Å²) in [6, 6.07) is 0. The molecule has 3 aliphatic rings. The molecule has 0 radical (unpaired) electrons. The zero-order chi connectivity index (χ0) is 19.0. The molecule has 4 heteroatoms. The smallest absolute Gasteiger partial charge is 0.311 e. The van der Waals surface area contributed by atoms with Gasteiger partial charge in [0.2, 0.25) is 0 Å². The second kappa shape index (κ2) is 7.43. The highest BCUT2D eigenvalue weighted by Gasteiger charge is 2.50. The van der Waals surface area contributed by atoms with Crippen LogP contribution < -0.4 is 0 Å². The summed E-state index contributed by atoms with van der Waals surface area (Å²) in [5.41, 5.74) is -1.73. The third-order valence-electron chi connectivity index (χ3n) is 7.83. The molecule has 3 saturated carbocycles. The maximum absolute atomic E-state index is 12.6. The summed E-state index contributed by atoms with van der Waals surface area (Å²) in [5.74, 6) is 0.132. The molecule has 2 N–H and O–H groups in total. The maximum Gasteiger partial charge on any atom is 0.311 e. The van der Waals surface area contributed by atoms with Gasteiger partial charge in [0.05, 0.1) is 16.6 Å².